The number of rotatable bonds is 4. The van der Waals surface area contributed by atoms with Gasteiger partial charge in [-0.1, -0.05) is 12.1 Å². The van der Waals surface area contributed by atoms with Gasteiger partial charge in [0.25, 0.3) is 0 Å². The molecule has 0 aliphatic rings. The molecule has 0 aliphatic carbocycles. The fourth-order valence-electron chi connectivity index (χ4n) is 2.06. The van der Waals surface area contributed by atoms with Crippen LogP contribution in [0.5, 0.6) is 0 Å². The highest BCUT2D eigenvalue weighted by Gasteiger charge is 2.06. The zero-order chi connectivity index (χ0) is 13.9. The molecule has 0 saturated carbocycles. The fraction of sp³-hybridized carbons (Fsp3) is 0.231. The molecule has 0 radical (unpaired) electrons. The van der Waals surface area contributed by atoms with E-state index in [0.717, 1.165) is 29.0 Å². The van der Waals surface area contributed by atoms with E-state index in [1.807, 2.05) is 35.9 Å². The number of nitrogens with zero attached hydrogens (tertiary/aromatic N) is 5. The molecule has 3 rings (SSSR count). The van der Waals surface area contributed by atoms with E-state index >= 15 is 0 Å². The monoisotopic (exact) mass is 269 g/mol. The predicted molar refractivity (Wildman–Crippen MR) is 77.1 cm³/mol. The van der Waals surface area contributed by atoms with Gasteiger partial charge in [-0.05, 0) is 12.1 Å². The fourth-order valence-corrected chi connectivity index (χ4v) is 2.06. The van der Waals surface area contributed by atoms with E-state index in [9.17, 15) is 0 Å². The normalized spacial score (nSPS) is 10.8. The van der Waals surface area contributed by atoms with E-state index in [2.05, 4.69) is 25.5 Å². The van der Waals surface area contributed by atoms with E-state index in [4.69, 9.17) is 5.73 Å². The Hall–Kier alpha value is -2.70. The maximum Gasteiger partial charge on any atom is 0.222 e. The van der Waals surface area contributed by atoms with Crippen LogP contribution in [0.25, 0.3) is 10.9 Å². The Bertz CT molecular complexity index is 734. The third kappa shape index (κ3) is 2.37. The molecule has 2 aromatic heterocycles. The number of nitrogens with two attached hydrogens (primary N) is 1. The Morgan fingerprint density at radius 1 is 1.25 bits per heavy atom. The van der Waals surface area contributed by atoms with Gasteiger partial charge in [0.05, 0.1) is 5.52 Å². The van der Waals surface area contributed by atoms with E-state index < -0.39 is 0 Å². The summed E-state index contributed by atoms with van der Waals surface area (Å²) in [5, 5.41) is 12.1. The quantitative estimate of drug-likeness (QED) is 0.733. The molecule has 0 unspecified atom stereocenters. The van der Waals surface area contributed by atoms with Crippen molar-refractivity contribution in [3.63, 3.8) is 0 Å². The van der Waals surface area contributed by atoms with E-state index in [0.29, 0.717) is 6.54 Å². The van der Waals surface area contributed by atoms with Gasteiger partial charge in [-0.15, -0.1) is 10.2 Å². The molecule has 1 aromatic carbocycles. The van der Waals surface area contributed by atoms with Gasteiger partial charge >= 0.3 is 0 Å². The Morgan fingerprint density at radius 3 is 2.90 bits per heavy atom. The highest BCUT2D eigenvalue weighted by molar-refractivity contribution is 5.89. The molecule has 20 heavy (non-hydrogen) atoms. The van der Waals surface area contributed by atoms with E-state index in [1.54, 1.807) is 6.33 Å². The first-order valence-electron chi connectivity index (χ1n) is 6.33. The number of fused-ring (bicyclic) bond motifs is 1. The van der Waals surface area contributed by atoms with Gasteiger partial charge in [-0.25, -0.2) is 4.98 Å². The molecule has 0 bridgehead atoms. The highest BCUT2D eigenvalue weighted by Crippen LogP contribution is 2.20. The first kappa shape index (κ1) is 12.3. The van der Waals surface area contributed by atoms with Crippen molar-refractivity contribution in [1.29, 1.82) is 0 Å². The highest BCUT2D eigenvalue weighted by atomic mass is 15.2. The zero-order valence-electron chi connectivity index (χ0n) is 11.1. The lowest BCUT2D eigenvalue weighted by atomic mass is 10.2. The van der Waals surface area contributed by atoms with E-state index in [1.165, 1.54) is 0 Å². The van der Waals surface area contributed by atoms with E-state index in [-0.39, 0.29) is 5.95 Å². The summed E-state index contributed by atoms with van der Waals surface area (Å²) in [6.07, 6.45) is 2.45. The number of aromatic nitrogens is 5. The smallest absolute Gasteiger partial charge is 0.222 e. The Morgan fingerprint density at radius 2 is 2.10 bits per heavy atom. The van der Waals surface area contributed by atoms with Crippen molar-refractivity contribution in [3.05, 3.63) is 36.4 Å². The minimum Gasteiger partial charge on any atom is -0.369 e. The largest absolute Gasteiger partial charge is 0.369 e. The van der Waals surface area contributed by atoms with Gasteiger partial charge in [0.1, 0.15) is 18.0 Å². The molecule has 0 atom stereocenters. The summed E-state index contributed by atoms with van der Waals surface area (Å²) < 4.78 is 1.90. The summed E-state index contributed by atoms with van der Waals surface area (Å²) in [6.45, 7) is 0.701. The lowest BCUT2D eigenvalue weighted by Gasteiger charge is -2.09. The van der Waals surface area contributed by atoms with Gasteiger partial charge in [0.15, 0.2) is 0 Å². The molecule has 0 fully saturated rings. The third-order valence-electron chi connectivity index (χ3n) is 3.07. The Balaban J connectivity index is 1.79. The number of anilines is 2. The van der Waals surface area contributed by atoms with Gasteiger partial charge in [0, 0.05) is 25.4 Å². The standard InChI is InChI=1S/C13H15N7/c1-20-8-16-19-11(20)6-7-15-12-9-4-2-3-5-10(9)17-13(14)18-12/h2-5,8H,6-7H2,1H3,(H3,14,15,17,18). The SMILES string of the molecule is Cn1cnnc1CCNc1nc(N)nc2ccccc12. The summed E-state index contributed by atoms with van der Waals surface area (Å²) in [4.78, 5) is 8.46. The minimum atomic E-state index is 0.268. The van der Waals surface area contributed by atoms with Crippen LogP contribution in [-0.2, 0) is 13.5 Å². The number of hydrogen-bond donors (Lipinski definition) is 2. The zero-order valence-corrected chi connectivity index (χ0v) is 11.1. The Kier molecular flexibility index (Phi) is 3.16. The first-order chi connectivity index (χ1) is 9.74. The second-order valence-corrected chi connectivity index (χ2v) is 4.48. The average Bonchev–Trinajstić information content (AvgIpc) is 2.84. The molecule has 0 spiro atoms. The van der Waals surface area contributed by atoms with Gasteiger partial charge in [0.2, 0.25) is 5.95 Å². The average molecular weight is 269 g/mol. The summed E-state index contributed by atoms with van der Waals surface area (Å²) in [5.41, 5.74) is 6.56. The van der Waals surface area contributed by atoms with Crippen molar-refractivity contribution in [1.82, 2.24) is 24.7 Å². The van der Waals surface area contributed by atoms with Crippen molar-refractivity contribution in [3.8, 4) is 0 Å². The lowest BCUT2D eigenvalue weighted by molar-refractivity contribution is 0.787. The van der Waals surface area contributed by atoms with Crippen molar-refractivity contribution >= 4 is 22.7 Å². The number of hydrogen-bond acceptors (Lipinski definition) is 6. The molecule has 0 amide bonds. The van der Waals surface area contributed by atoms with Crippen LogP contribution in [0.15, 0.2) is 30.6 Å². The molecule has 2 heterocycles. The number of para-hydroxylation sites is 1. The van der Waals surface area contributed by atoms with Gasteiger partial charge in [-0.2, -0.15) is 4.98 Å². The van der Waals surface area contributed by atoms with Crippen LogP contribution in [0.4, 0.5) is 11.8 Å². The molecular formula is C13H15N7. The molecule has 102 valence electrons. The molecule has 3 N–H and O–H groups in total. The molecule has 0 saturated heterocycles. The topological polar surface area (TPSA) is 94.5 Å². The van der Waals surface area contributed by atoms with Crippen LogP contribution in [-0.4, -0.2) is 31.3 Å². The molecule has 7 heteroatoms. The molecule has 3 aromatic rings. The molecule has 7 nitrogen and oxygen atoms in total. The first-order valence-corrected chi connectivity index (χ1v) is 6.33. The second kappa shape index (κ2) is 5.12. The number of nitrogen functional groups attached to an aromatic ring is 1. The summed E-state index contributed by atoms with van der Waals surface area (Å²) in [5.74, 6) is 1.93. The summed E-state index contributed by atoms with van der Waals surface area (Å²) >= 11 is 0. The van der Waals surface area contributed by atoms with Crippen molar-refractivity contribution in [2.45, 2.75) is 6.42 Å². The van der Waals surface area contributed by atoms with Crippen LogP contribution < -0.4 is 11.1 Å². The molecular weight excluding hydrogens is 254 g/mol. The van der Waals surface area contributed by atoms with Gasteiger partial charge in [-0.3, -0.25) is 0 Å². The van der Waals surface area contributed by atoms with Crippen LogP contribution in [0, 0.1) is 0 Å². The second-order valence-electron chi connectivity index (χ2n) is 4.48. The van der Waals surface area contributed by atoms with Gasteiger partial charge < -0.3 is 15.6 Å². The van der Waals surface area contributed by atoms with Crippen molar-refractivity contribution in [2.24, 2.45) is 7.05 Å². The summed E-state index contributed by atoms with van der Waals surface area (Å²) in [7, 11) is 1.92. The lowest BCUT2D eigenvalue weighted by Crippen LogP contribution is -2.11. The van der Waals surface area contributed by atoms with Crippen LogP contribution in [0.3, 0.4) is 0 Å². The Labute approximate surface area is 115 Å². The van der Waals surface area contributed by atoms with Crippen molar-refractivity contribution < 1.29 is 0 Å². The van der Waals surface area contributed by atoms with Crippen LogP contribution in [0.2, 0.25) is 0 Å². The van der Waals surface area contributed by atoms with Crippen molar-refractivity contribution in [2.75, 3.05) is 17.6 Å². The minimum absolute atomic E-state index is 0.268. The van der Waals surface area contributed by atoms with Crippen LogP contribution in [0.1, 0.15) is 5.82 Å². The summed E-state index contributed by atoms with van der Waals surface area (Å²) in [6, 6.07) is 7.77. The maximum absolute atomic E-state index is 5.73. The molecule has 0 aliphatic heterocycles. The number of aryl methyl sites for hydroxylation is 1. The third-order valence-corrected chi connectivity index (χ3v) is 3.07. The maximum atomic E-state index is 5.73. The number of benzene rings is 1. The number of nitrogens with one attached hydrogen (secondary N) is 1. The predicted octanol–water partition coefficient (Wildman–Crippen LogP) is 0.995. The van der Waals surface area contributed by atoms with Crippen LogP contribution >= 0.6 is 0 Å².